The highest BCUT2D eigenvalue weighted by atomic mass is 35.5. The van der Waals surface area contributed by atoms with Crippen LogP contribution < -0.4 is 10.1 Å². The van der Waals surface area contributed by atoms with Crippen LogP contribution in [0.1, 0.15) is 55.1 Å². The van der Waals surface area contributed by atoms with Gasteiger partial charge in [-0.1, -0.05) is 30.7 Å². The largest absolute Gasteiger partial charge is 0.490 e. The number of fused-ring (bicyclic) bond motifs is 1. The van der Waals surface area contributed by atoms with Gasteiger partial charge >= 0.3 is 6.18 Å². The minimum atomic E-state index is -4.55. The Hall–Kier alpha value is -2.80. The van der Waals surface area contributed by atoms with Crippen molar-refractivity contribution < 1.29 is 22.7 Å². The molecule has 0 spiro atoms. The van der Waals surface area contributed by atoms with E-state index in [4.69, 9.17) is 16.3 Å². The highest BCUT2D eigenvalue weighted by molar-refractivity contribution is 6.30. The van der Waals surface area contributed by atoms with E-state index in [0.29, 0.717) is 28.8 Å². The predicted molar refractivity (Wildman–Crippen MR) is 126 cm³/mol. The number of para-hydroxylation sites is 1. The molecule has 1 aliphatic rings. The second-order valence-corrected chi connectivity index (χ2v) is 9.11. The van der Waals surface area contributed by atoms with Crippen molar-refractivity contribution in [3.8, 4) is 5.75 Å². The van der Waals surface area contributed by atoms with Gasteiger partial charge in [0.25, 0.3) is 5.91 Å². The van der Waals surface area contributed by atoms with Crippen molar-refractivity contribution in [2.45, 2.75) is 57.3 Å². The number of benzene rings is 2. The highest BCUT2D eigenvalue weighted by Crippen LogP contribution is 2.37. The lowest BCUT2D eigenvalue weighted by Gasteiger charge is -2.34. The molecule has 1 atom stereocenters. The first kappa shape index (κ1) is 24.3. The van der Waals surface area contributed by atoms with Crippen molar-refractivity contribution >= 4 is 28.4 Å². The van der Waals surface area contributed by atoms with Gasteiger partial charge < -0.3 is 10.1 Å². The summed E-state index contributed by atoms with van der Waals surface area (Å²) in [4.78, 5) is 16.4. The maximum Gasteiger partial charge on any atom is 0.433 e. The third kappa shape index (κ3) is 5.63. The smallest absolute Gasteiger partial charge is 0.433 e. The summed E-state index contributed by atoms with van der Waals surface area (Å²) in [5, 5.41) is 4.27. The molecule has 0 radical (unpaired) electrons. The molecule has 1 unspecified atom stereocenters. The lowest BCUT2D eigenvalue weighted by atomic mass is 9.81. The molecule has 8 heteroatoms. The van der Waals surface area contributed by atoms with E-state index in [2.05, 4.69) is 10.3 Å². The van der Waals surface area contributed by atoms with Gasteiger partial charge in [0.2, 0.25) is 0 Å². The summed E-state index contributed by atoms with van der Waals surface area (Å²) >= 11 is 5.90. The fourth-order valence-electron chi connectivity index (χ4n) is 4.58. The van der Waals surface area contributed by atoms with Crippen molar-refractivity contribution in [3.63, 3.8) is 0 Å². The molecule has 1 aromatic heterocycles. The van der Waals surface area contributed by atoms with Crippen LogP contribution in [-0.2, 0) is 6.18 Å². The Balaban J connectivity index is 1.41. The second-order valence-electron chi connectivity index (χ2n) is 8.67. The zero-order valence-electron chi connectivity index (χ0n) is 18.7. The topological polar surface area (TPSA) is 51.2 Å². The van der Waals surface area contributed by atoms with Crippen LogP contribution in [0.25, 0.3) is 10.9 Å². The molecule has 34 heavy (non-hydrogen) atoms. The molecule has 2 aromatic carbocycles. The summed E-state index contributed by atoms with van der Waals surface area (Å²) in [6.07, 6.45) is -0.895. The summed E-state index contributed by atoms with van der Waals surface area (Å²) in [5.41, 5.74) is -0.132. The van der Waals surface area contributed by atoms with Gasteiger partial charge in [-0.3, -0.25) is 4.79 Å². The number of nitrogens with one attached hydrogen (secondary N) is 1. The van der Waals surface area contributed by atoms with Gasteiger partial charge in [-0.25, -0.2) is 4.98 Å². The number of aromatic nitrogens is 1. The Kier molecular flexibility index (Phi) is 7.31. The standard InChI is InChI=1S/C26H26ClF3N2O2/c1-2-21(32-25(33)17-7-11-18(27)12-8-17)16-9-13-19(14-10-16)34-23-15-24(26(28,29)30)31-22-6-4-3-5-20(22)23/h3-8,11-12,15-16,19,21H,2,9-10,13-14H2,1H3,(H,32,33)/t16-,19+,21?. The number of amides is 1. The van der Waals surface area contributed by atoms with Gasteiger partial charge in [-0.15, -0.1) is 0 Å². The molecule has 1 saturated carbocycles. The minimum absolute atomic E-state index is 0.0164. The predicted octanol–water partition coefficient (Wildman–Crippen LogP) is 7.05. The van der Waals surface area contributed by atoms with Crippen LogP contribution in [-0.4, -0.2) is 23.0 Å². The van der Waals surface area contributed by atoms with Crippen molar-refractivity contribution in [2.75, 3.05) is 0 Å². The van der Waals surface area contributed by atoms with E-state index in [1.165, 1.54) is 0 Å². The fraction of sp³-hybridized carbons (Fsp3) is 0.385. The minimum Gasteiger partial charge on any atom is -0.490 e. The number of pyridine rings is 1. The van der Waals surface area contributed by atoms with Gasteiger partial charge in [-0.2, -0.15) is 13.2 Å². The lowest BCUT2D eigenvalue weighted by Crippen LogP contribution is -2.42. The first-order valence-electron chi connectivity index (χ1n) is 11.4. The highest BCUT2D eigenvalue weighted by Gasteiger charge is 2.34. The van der Waals surface area contributed by atoms with E-state index in [0.717, 1.165) is 25.3 Å². The number of halogens is 4. The van der Waals surface area contributed by atoms with Gasteiger partial charge in [0.1, 0.15) is 11.4 Å². The third-order valence-electron chi connectivity index (χ3n) is 6.41. The van der Waals surface area contributed by atoms with E-state index in [9.17, 15) is 18.0 Å². The average molecular weight is 491 g/mol. The molecule has 0 saturated heterocycles. The molecule has 0 aliphatic heterocycles. The molecule has 4 nitrogen and oxygen atoms in total. The van der Waals surface area contributed by atoms with Gasteiger partial charge in [-0.05, 0) is 74.4 Å². The summed E-state index contributed by atoms with van der Waals surface area (Å²) in [7, 11) is 0. The van der Waals surface area contributed by atoms with Crippen LogP contribution >= 0.6 is 11.6 Å². The maximum absolute atomic E-state index is 13.3. The fourth-order valence-corrected chi connectivity index (χ4v) is 4.71. The Bertz CT molecular complexity index is 1140. The Labute approximate surface area is 201 Å². The molecular weight excluding hydrogens is 465 g/mol. The van der Waals surface area contributed by atoms with Crippen molar-refractivity contribution in [1.29, 1.82) is 0 Å². The molecule has 0 bridgehead atoms. The molecule has 4 rings (SSSR count). The molecule has 1 amide bonds. The Morgan fingerprint density at radius 2 is 1.79 bits per heavy atom. The summed E-state index contributed by atoms with van der Waals surface area (Å²) in [5.74, 6) is 0.357. The number of hydrogen-bond donors (Lipinski definition) is 1. The van der Waals surface area contributed by atoms with E-state index < -0.39 is 11.9 Å². The Morgan fingerprint density at radius 1 is 1.12 bits per heavy atom. The zero-order chi connectivity index (χ0) is 24.3. The monoisotopic (exact) mass is 490 g/mol. The van der Waals surface area contributed by atoms with Crippen molar-refractivity contribution in [3.05, 3.63) is 70.9 Å². The first-order valence-corrected chi connectivity index (χ1v) is 11.8. The molecule has 1 N–H and O–H groups in total. The van der Waals surface area contributed by atoms with E-state index >= 15 is 0 Å². The van der Waals surface area contributed by atoms with E-state index in [-0.39, 0.29) is 35.2 Å². The Morgan fingerprint density at radius 3 is 2.44 bits per heavy atom. The van der Waals surface area contributed by atoms with Gasteiger partial charge in [0.05, 0.1) is 11.6 Å². The zero-order valence-corrected chi connectivity index (χ0v) is 19.5. The number of ether oxygens (including phenoxy) is 1. The average Bonchev–Trinajstić information content (AvgIpc) is 2.83. The number of carbonyl (C=O) groups excluding carboxylic acids is 1. The SMILES string of the molecule is CCC(NC(=O)c1ccc(Cl)cc1)[C@H]1CC[C@@H](Oc2cc(C(F)(F)F)nc3ccccc23)CC1. The number of rotatable bonds is 6. The number of nitrogens with zero attached hydrogens (tertiary/aromatic N) is 1. The maximum atomic E-state index is 13.3. The van der Waals surface area contributed by atoms with Crippen molar-refractivity contribution in [2.24, 2.45) is 5.92 Å². The molecule has 3 aromatic rings. The van der Waals surface area contributed by atoms with Crippen LogP contribution in [0.4, 0.5) is 13.2 Å². The summed E-state index contributed by atoms with van der Waals surface area (Å²) in [6, 6.07) is 14.5. The van der Waals surface area contributed by atoms with Crippen LogP contribution in [0.3, 0.4) is 0 Å². The molecule has 1 aliphatic carbocycles. The molecule has 180 valence electrons. The number of alkyl halides is 3. The molecule has 1 fully saturated rings. The first-order chi connectivity index (χ1) is 16.2. The lowest BCUT2D eigenvalue weighted by molar-refractivity contribution is -0.141. The summed E-state index contributed by atoms with van der Waals surface area (Å²) < 4.78 is 46.1. The molecular formula is C26H26ClF3N2O2. The van der Waals surface area contributed by atoms with Gasteiger partial charge in [0, 0.05) is 28.1 Å². The summed E-state index contributed by atoms with van der Waals surface area (Å²) in [6.45, 7) is 2.04. The van der Waals surface area contributed by atoms with Crippen LogP contribution in [0.5, 0.6) is 5.75 Å². The number of carbonyl (C=O) groups is 1. The van der Waals surface area contributed by atoms with E-state index in [1.54, 1.807) is 48.5 Å². The molecule has 1 heterocycles. The van der Waals surface area contributed by atoms with Crippen molar-refractivity contribution in [1.82, 2.24) is 10.3 Å². The van der Waals surface area contributed by atoms with Crippen LogP contribution in [0, 0.1) is 5.92 Å². The quantitative estimate of drug-likeness (QED) is 0.402. The van der Waals surface area contributed by atoms with E-state index in [1.807, 2.05) is 6.92 Å². The van der Waals surface area contributed by atoms with Crippen LogP contribution in [0.2, 0.25) is 5.02 Å². The second kappa shape index (κ2) is 10.2. The van der Waals surface area contributed by atoms with Gasteiger partial charge in [0.15, 0.2) is 0 Å². The third-order valence-corrected chi connectivity index (χ3v) is 6.66. The normalized spacial score (nSPS) is 19.6. The number of hydrogen-bond acceptors (Lipinski definition) is 3. The van der Waals surface area contributed by atoms with Crippen LogP contribution in [0.15, 0.2) is 54.6 Å².